The smallest absolute Gasteiger partial charge is 0.0233 e. The van der Waals surface area contributed by atoms with Gasteiger partial charge in [-0.1, -0.05) is 38.1 Å². The Bertz CT molecular complexity index is 363. The van der Waals surface area contributed by atoms with Crippen molar-refractivity contribution in [3.63, 3.8) is 0 Å². The van der Waals surface area contributed by atoms with Crippen molar-refractivity contribution < 1.29 is 0 Å². The molecule has 0 aliphatic carbocycles. The molecule has 0 aliphatic rings. The quantitative estimate of drug-likeness (QED) is 0.709. The van der Waals surface area contributed by atoms with Crippen LogP contribution in [0.4, 0.5) is 0 Å². The number of hydrogen-bond acceptors (Lipinski definition) is 3. The van der Waals surface area contributed by atoms with E-state index in [4.69, 9.17) is 0 Å². The molecule has 0 saturated heterocycles. The second-order valence-corrected chi connectivity index (χ2v) is 5.63. The van der Waals surface area contributed by atoms with Crippen LogP contribution in [0.3, 0.4) is 0 Å². The van der Waals surface area contributed by atoms with Gasteiger partial charge in [0, 0.05) is 13.1 Å². The van der Waals surface area contributed by atoms with Crippen LogP contribution in [0, 0.1) is 0 Å². The minimum Gasteiger partial charge on any atom is -0.313 e. The third-order valence-electron chi connectivity index (χ3n) is 3.50. The van der Waals surface area contributed by atoms with Gasteiger partial charge < -0.3 is 10.2 Å². The lowest BCUT2D eigenvalue weighted by molar-refractivity contribution is 0.259. The zero-order chi connectivity index (χ0) is 14.8. The summed E-state index contributed by atoms with van der Waals surface area (Å²) in [7, 11) is 4.28. The number of nitrogens with one attached hydrogen (secondary N) is 1. The fraction of sp³-hybridized carbons (Fsp3) is 0.647. The molecule has 0 fully saturated rings. The van der Waals surface area contributed by atoms with Crippen molar-refractivity contribution in [3.8, 4) is 0 Å². The van der Waals surface area contributed by atoms with Crippen molar-refractivity contribution in [2.75, 3.05) is 40.3 Å². The average Bonchev–Trinajstić information content (AvgIpc) is 2.44. The molecule has 0 amide bonds. The molecule has 1 aromatic rings. The van der Waals surface area contributed by atoms with Gasteiger partial charge in [-0.15, -0.1) is 0 Å². The van der Waals surface area contributed by atoms with E-state index in [2.05, 4.69) is 67.3 Å². The van der Waals surface area contributed by atoms with E-state index in [0.717, 1.165) is 32.7 Å². The van der Waals surface area contributed by atoms with E-state index in [9.17, 15) is 0 Å². The summed E-state index contributed by atoms with van der Waals surface area (Å²) in [5.41, 5.74) is 2.81. The summed E-state index contributed by atoms with van der Waals surface area (Å²) >= 11 is 0. The number of nitrogens with zero attached hydrogens (tertiary/aromatic N) is 2. The van der Waals surface area contributed by atoms with E-state index in [-0.39, 0.29) is 0 Å². The van der Waals surface area contributed by atoms with Crippen LogP contribution in [0.5, 0.6) is 0 Å². The van der Waals surface area contributed by atoms with Crippen molar-refractivity contribution in [2.45, 2.75) is 33.4 Å². The van der Waals surface area contributed by atoms with Crippen LogP contribution in [0.2, 0.25) is 0 Å². The third-order valence-corrected chi connectivity index (χ3v) is 3.50. The van der Waals surface area contributed by atoms with Gasteiger partial charge in [0.2, 0.25) is 0 Å². The van der Waals surface area contributed by atoms with Gasteiger partial charge in [-0.05, 0) is 57.8 Å². The average molecular weight is 277 g/mol. The third kappa shape index (κ3) is 7.04. The molecular weight excluding hydrogens is 246 g/mol. The van der Waals surface area contributed by atoms with E-state index in [1.54, 1.807) is 0 Å². The number of hydrogen-bond donors (Lipinski definition) is 1. The molecule has 0 atom stereocenters. The molecule has 3 heteroatoms. The molecule has 1 rings (SSSR count). The monoisotopic (exact) mass is 277 g/mol. The van der Waals surface area contributed by atoms with Gasteiger partial charge in [0.25, 0.3) is 0 Å². The van der Waals surface area contributed by atoms with Crippen LogP contribution in [0.15, 0.2) is 24.3 Å². The summed E-state index contributed by atoms with van der Waals surface area (Å²) in [6, 6.07) is 8.95. The first-order valence-corrected chi connectivity index (χ1v) is 7.81. The molecule has 20 heavy (non-hydrogen) atoms. The molecule has 0 saturated carbocycles. The topological polar surface area (TPSA) is 18.5 Å². The maximum atomic E-state index is 3.39. The highest BCUT2D eigenvalue weighted by Crippen LogP contribution is 2.09. The number of benzene rings is 1. The molecule has 0 spiro atoms. The van der Waals surface area contributed by atoms with Crippen LogP contribution in [-0.2, 0) is 13.1 Å². The van der Waals surface area contributed by atoms with Crippen LogP contribution in [-0.4, -0.2) is 50.1 Å². The highest BCUT2D eigenvalue weighted by Gasteiger charge is 2.04. The van der Waals surface area contributed by atoms with E-state index < -0.39 is 0 Å². The van der Waals surface area contributed by atoms with Gasteiger partial charge in [0.15, 0.2) is 0 Å². The first-order chi connectivity index (χ1) is 9.65. The van der Waals surface area contributed by atoms with Crippen LogP contribution in [0.1, 0.15) is 31.4 Å². The maximum Gasteiger partial charge on any atom is 0.0233 e. The molecule has 0 unspecified atom stereocenters. The molecule has 0 heterocycles. The van der Waals surface area contributed by atoms with Gasteiger partial charge in [-0.25, -0.2) is 0 Å². The van der Waals surface area contributed by atoms with E-state index in [1.807, 2.05) is 0 Å². The first kappa shape index (κ1) is 17.2. The molecule has 0 aliphatic heterocycles. The summed E-state index contributed by atoms with van der Waals surface area (Å²) < 4.78 is 0. The van der Waals surface area contributed by atoms with Crippen LogP contribution < -0.4 is 5.32 Å². The Kier molecular flexibility index (Phi) is 8.51. The van der Waals surface area contributed by atoms with E-state index in [0.29, 0.717) is 0 Å². The summed E-state index contributed by atoms with van der Waals surface area (Å²) in [6.45, 7) is 10.9. The Morgan fingerprint density at radius 2 is 1.80 bits per heavy atom. The molecule has 0 radical (unpaired) electrons. The highest BCUT2D eigenvalue weighted by atomic mass is 15.1. The minimum atomic E-state index is 0.969. The normalized spacial score (nSPS) is 11.5. The summed E-state index contributed by atoms with van der Waals surface area (Å²) in [5.74, 6) is 0. The first-order valence-electron chi connectivity index (χ1n) is 7.81. The minimum absolute atomic E-state index is 0.969. The molecule has 0 bridgehead atoms. The lowest BCUT2D eigenvalue weighted by Gasteiger charge is -2.21. The van der Waals surface area contributed by atoms with Gasteiger partial charge in [-0.3, -0.25) is 4.90 Å². The van der Waals surface area contributed by atoms with Crippen molar-refractivity contribution >= 4 is 0 Å². The standard InChI is InChI=1S/C17H31N3/c1-5-18-14-16-9-7-10-17(13-16)15-20(6-2)12-8-11-19(3)4/h7,9-10,13,18H,5-6,8,11-12,14-15H2,1-4H3. The largest absolute Gasteiger partial charge is 0.313 e. The van der Waals surface area contributed by atoms with Crippen LogP contribution in [0.25, 0.3) is 0 Å². The fourth-order valence-electron chi connectivity index (χ4n) is 2.33. The molecule has 3 nitrogen and oxygen atoms in total. The fourth-order valence-corrected chi connectivity index (χ4v) is 2.33. The Morgan fingerprint density at radius 3 is 2.45 bits per heavy atom. The molecule has 1 aromatic carbocycles. The lowest BCUT2D eigenvalue weighted by atomic mass is 10.1. The maximum absolute atomic E-state index is 3.39. The Morgan fingerprint density at radius 1 is 1.05 bits per heavy atom. The second kappa shape index (κ2) is 9.92. The summed E-state index contributed by atoms with van der Waals surface area (Å²) in [4.78, 5) is 4.78. The number of rotatable bonds is 10. The Hall–Kier alpha value is -0.900. The predicted octanol–water partition coefficient (Wildman–Crippen LogP) is 2.57. The molecule has 1 N–H and O–H groups in total. The van der Waals surface area contributed by atoms with Gasteiger partial charge in [0.1, 0.15) is 0 Å². The van der Waals surface area contributed by atoms with Gasteiger partial charge in [-0.2, -0.15) is 0 Å². The Balaban J connectivity index is 2.47. The zero-order valence-electron chi connectivity index (χ0n) is 13.7. The second-order valence-electron chi connectivity index (χ2n) is 5.63. The molecule has 0 aromatic heterocycles. The Labute approximate surface area is 125 Å². The summed E-state index contributed by atoms with van der Waals surface area (Å²) in [5, 5.41) is 3.39. The molecular formula is C17H31N3. The van der Waals surface area contributed by atoms with Gasteiger partial charge in [0.05, 0.1) is 0 Å². The van der Waals surface area contributed by atoms with E-state index in [1.165, 1.54) is 24.1 Å². The van der Waals surface area contributed by atoms with Crippen molar-refractivity contribution in [2.24, 2.45) is 0 Å². The van der Waals surface area contributed by atoms with Crippen molar-refractivity contribution in [3.05, 3.63) is 35.4 Å². The SMILES string of the molecule is CCNCc1cccc(CN(CC)CCCN(C)C)c1. The van der Waals surface area contributed by atoms with Crippen LogP contribution >= 0.6 is 0 Å². The van der Waals surface area contributed by atoms with Crippen molar-refractivity contribution in [1.29, 1.82) is 0 Å². The summed E-state index contributed by atoms with van der Waals surface area (Å²) in [6.07, 6.45) is 1.23. The molecule has 114 valence electrons. The highest BCUT2D eigenvalue weighted by molar-refractivity contribution is 5.23. The van der Waals surface area contributed by atoms with E-state index >= 15 is 0 Å². The van der Waals surface area contributed by atoms with Gasteiger partial charge >= 0.3 is 0 Å². The predicted molar refractivity (Wildman–Crippen MR) is 87.9 cm³/mol. The van der Waals surface area contributed by atoms with Crippen molar-refractivity contribution in [1.82, 2.24) is 15.1 Å². The zero-order valence-corrected chi connectivity index (χ0v) is 13.7. The lowest BCUT2D eigenvalue weighted by Crippen LogP contribution is -2.27.